The van der Waals surface area contributed by atoms with Crippen molar-refractivity contribution in [1.29, 1.82) is 0 Å². The molecule has 0 amide bonds. The normalized spacial score (nSPS) is 13.2. The Kier molecular flexibility index (Phi) is 20.4. The second-order valence-electron chi connectivity index (χ2n) is 3.60. The molecule has 0 aromatic heterocycles. The summed E-state index contributed by atoms with van der Waals surface area (Å²) < 4.78 is 236. The van der Waals surface area contributed by atoms with E-state index in [0.717, 1.165) is 0 Å². The van der Waals surface area contributed by atoms with E-state index in [9.17, 15) is 52.7 Å². The molecule has 0 aliphatic carbocycles. The minimum absolute atomic E-state index is 0. The van der Waals surface area contributed by atoms with E-state index in [1.54, 1.807) is 0 Å². The SMILES string of the molecule is O=S(=O)([O-])C(F)(F)F.O=S(=O)([O-])C(F)(F)F.O=S(=O)([O-])C(F)(F)F.O=S(=O)([O-])C(F)(F)F.[Zn+2].[Zn+2]. The molecular weight excluding hydrogens is 727 g/mol. The molecule has 0 heterocycles. The van der Waals surface area contributed by atoms with Gasteiger partial charge in [0, 0.05) is 0 Å². The average Bonchev–Trinajstić information content (AvgIpc) is 2.30. The van der Waals surface area contributed by atoms with Crippen LogP contribution in [0.4, 0.5) is 52.7 Å². The van der Waals surface area contributed by atoms with Crippen LogP contribution >= 0.6 is 0 Å². The van der Waals surface area contributed by atoms with Gasteiger partial charge in [0.05, 0.1) is 0 Å². The molecule has 12 nitrogen and oxygen atoms in total. The quantitative estimate of drug-likeness (QED) is 0.141. The second-order valence-corrected chi connectivity index (χ2v) is 9.08. The smallest absolute Gasteiger partial charge is 0.741 e. The number of rotatable bonds is 0. The molecule has 0 saturated heterocycles. The van der Waals surface area contributed by atoms with Gasteiger partial charge in [0.1, 0.15) is 0 Å². The molecular formula is C4F12O12S4Zn2. The average molecular weight is 727 g/mol. The second kappa shape index (κ2) is 14.7. The first-order chi connectivity index (χ1) is 13.0. The Morgan fingerprint density at radius 2 is 0.353 bits per heavy atom. The fourth-order valence-corrected chi connectivity index (χ4v) is 0. The monoisotopic (exact) mass is 724 g/mol. The summed E-state index contributed by atoms with van der Waals surface area (Å²) >= 11 is 0. The van der Waals surface area contributed by atoms with Crippen molar-refractivity contribution in [2.45, 2.75) is 22.0 Å². The maximum absolute atomic E-state index is 10.7. The van der Waals surface area contributed by atoms with Gasteiger partial charge < -0.3 is 18.2 Å². The Bertz CT molecular complexity index is 833. The van der Waals surface area contributed by atoms with Crippen LogP contribution in [0, 0.1) is 0 Å². The van der Waals surface area contributed by atoms with Crippen LogP contribution in [0.3, 0.4) is 0 Å². The zero-order chi connectivity index (χ0) is 28.0. The van der Waals surface area contributed by atoms with Crippen LogP contribution in [-0.4, -0.2) is 73.9 Å². The predicted molar refractivity (Wildman–Crippen MR) is 63.0 cm³/mol. The fraction of sp³-hybridized carbons (Fsp3) is 1.00. The topological polar surface area (TPSA) is 229 Å². The molecule has 0 fully saturated rings. The summed E-state index contributed by atoms with van der Waals surface area (Å²) in [6.45, 7) is 0. The van der Waals surface area contributed by atoms with Crippen LogP contribution < -0.4 is 0 Å². The van der Waals surface area contributed by atoms with Gasteiger partial charge in [-0.25, -0.2) is 33.7 Å². The zero-order valence-corrected chi connectivity index (χ0v) is 23.7. The van der Waals surface area contributed by atoms with E-state index in [-0.39, 0.29) is 39.0 Å². The molecule has 0 atom stereocenters. The van der Waals surface area contributed by atoms with E-state index < -0.39 is 62.5 Å². The largest absolute Gasteiger partial charge is 2.00 e. The molecule has 0 saturated carbocycles. The van der Waals surface area contributed by atoms with Crippen molar-refractivity contribution < 1.29 is 144 Å². The van der Waals surface area contributed by atoms with Crippen molar-refractivity contribution in [1.82, 2.24) is 0 Å². The van der Waals surface area contributed by atoms with Gasteiger partial charge in [0.2, 0.25) is 0 Å². The fourth-order valence-electron chi connectivity index (χ4n) is 0. The molecule has 0 N–H and O–H groups in total. The number of hydrogen-bond acceptors (Lipinski definition) is 12. The van der Waals surface area contributed by atoms with Gasteiger partial charge in [0.15, 0.2) is 40.5 Å². The predicted octanol–water partition coefficient (Wildman–Crippen LogP) is 0.201. The van der Waals surface area contributed by atoms with Gasteiger partial charge in [0.25, 0.3) is 0 Å². The first kappa shape index (κ1) is 47.3. The zero-order valence-electron chi connectivity index (χ0n) is 14.5. The summed E-state index contributed by atoms with van der Waals surface area (Å²) in [5.41, 5.74) is -22.6. The van der Waals surface area contributed by atoms with Crippen LogP contribution in [0.25, 0.3) is 0 Å². The summed E-state index contributed by atoms with van der Waals surface area (Å²) in [5.74, 6) is 0. The molecule has 30 heteroatoms. The van der Waals surface area contributed by atoms with Gasteiger partial charge >= 0.3 is 61.0 Å². The molecule has 0 bridgehead atoms. The van der Waals surface area contributed by atoms with Crippen LogP contribution in [0.5, 0.6) is 0 Å². The minimum Gasteiger partial charge on any atom is -0.741 e. The van der Waals surface area contributed by atoms with Gasteiger partial charge in [-0.2, -0.15) is 52.7 Å². The van der Waals surface area contributed by atoms with Crippen molar-refractivity contribution >= 4 is 40.5 Å². The van der Waals surface area contributed by atoms with Gasteiger partial charge in [-0.1, -0.05) is 0 Å². The molecule has 0 spiro atoms. The van der Waals surface area contributed by atoms with E-state index in [2.05, 4.69) is 0 Å². The summed E-state index contributed by atoms with van der Waals surface area (Å²) in [7, 11) is -24.4. The molecule has 34 heavy (non-hydrogen) atoms. The van der Waals surface area contributed by atoms with Crippen LogP contribution in [0.1, 0.15) is 0 Å². The van der Waals surface area contributed by atoms with Gasteiger partial charge in [-0.3, -0.25) is 0 Å². The van der Waals surface area contributed by atoms with Crippen molar-refractivity contribution in [2.75, 3.05) is 0 Å². The molecule has 0 aliphatic rings. The Hall–Kier alpha value is 0.0468. The summed E-state index contributed by atoms with van der Waals surface area (Å²) in [5, 5.41) is 0. The first-order valence-corrected chi connectivity index (χ1v) is 10.7. The van der Waals surface area contributed by atoms with E-state index in [4.69, 9.17) is 51.9 Å². The summed E-state index contributed by atoms with van der Waals surface area (Å²) in [6, 6.07) is 0. The number of hydrogen-bond donors (Lipinski definition) is 0. The summed E-state index contributed by atoms with van der Waals surface area (Å²) in [4.78, 5) is 0. The minimum atomic E-state index is -6.09. The third-order valence-corrected chi connectivity index (χ3v) is 3.40. The van der Waals surface area contributed by atoms with Gasteiger partial charge in [-0.15, -0.1) is 0 Å². The van der Waals surface area contributed by atoms with E-state index in [1.807, 2.05) is 0 Å². The first-order valence-electron chi connectivity index (χ1n) is 5.08. The van der Waals surface area contributed by atoms with Crippen molar-refractivity contribution in [3.8, 4) is 0 Å². The molecule has 0 aromatic rings. The Labute approximate surface area is 205 Å². The van der Waals surface area contributed by atoms with Crippen LogP contribution in [0.2, 0.25) is 0 Å². The molecule has 0 unspecified atom stereocenters. The van der Waals surface area contributed by atoms with Crippen molar-refractivity contribution in [2.24, 2.45) is 0 Å². The Morgan fingerprint density at radius 3 is 0.353 bits per heavy atom. The van der Waals surface area contributed by atoms with E-state index in [0.29, 0.717) is 0 Å². The molecule has 200 valence electrons. The Morgan fingerprint density at radius 1 is 0.324 bits per heavy atom. The maximum atomic E-state index is 10.7. The molecule has 0 aliphatic heterocycles. The van der Waals surface area contributed by atoms with E-state index >= 15 is 0 Å². The van der Waals surface area contributed by atoms with Crippen molar-refractivity contribution in [3.05, 3.63) is 0 Å². The molecule has 0 rings (SSSR count). The maximum Gasteiger partial charge on any atom is 2.00 e. The third kappa shape index (κ3) is 23.8. The number of halogens is 12. The van der Waals surface area contributed by atoms with Crippen LogP contribution in [0.15, 0.2) is 0 Å². The number of alkyl halides is 12. The Balaban J connectivity index is -0.0000000754. The van der Waals surface area contributed by atoms with Crippen molar-refractivity contribution in [3.63, 3.8) is 0 Å². The van der Waals surface area contributed by atoms with Crippen LogP contribution in [-0.2, 0) is 79.4 Å². The summed E-state index contributed by atoms with van der Waals surface area (Å²) in [6.07, 6.45) is 0. The standard InChI is InChI=1S/4CHF3O3S.2Zn/c4*2-1(3,4)8(5,6)7;;/h4*(H,5,6,7);;/q;;;;2*+2/p-4. The van der Waals surface area contributed by atoms with E-state index in [1.165, 1.54) is 0 Å². The van der Waals surface area contributed by atoms with Gasteiger partial charge in [-0.05, 0) is 0 Å². The third-order valence-electron chi connectivity index (χ3n) is 1.13. The molecule has 0 aromatic carbocycles. The molecule has 0 radical (unpaired) electrons.